The minimum absolute atomic E-state index is 0.0174. The second-order valence-corrected chi connectivity index (χ2v) is 7.70. The monoisotopic (exact) mass is 458 g/mol. The SMILES string of the molecule is CCCOc1ccc(-c2c(C(=O)N/N=C3/CCc4ccccc43)nnn2-c2nonc2N)cc1. The fraction of sp³-hybridized carbons (Fsp3) is 0.217. The summed E-state index contributed by atoms with van der Waals surface area (Å²) < 4.78 is 11.7. The second kappa shape index (κ2) is 9.14. The number of hydrogen-bond donors (Lipinski definition) is 2. The van der Waals surface area contributed by atoms with Gasteiger partial charge in [0.25, 0.3) is 5.91 Å². The van der Waals surface area contributed by atoms with Crippen molar-refractivity contribution in [3.05, 3.63) is 65.4 Å². The van der Waals surface area contributed by atoms with E-state index in [1.165, 1.54) is 10.2 Å². The van der Waals surface area contributed by atoms with Gasteiger partial charge in [-0.3, -0.25) is 4.79 Å². The van der Waals surface area contributed by atoms with Crippen molar-refractivity contribution in [2.45, 2.75) is 26.2 Å². The van der Waals surface area contributed by atoms with Crippen LogP contribution in [0.25, 0.3) is 17.1 Å². The van der Waals surface area contributed by atoms with E-state index in [9.17, 15) is 4.79 Å². The number of carbonyl (C=O) groups is 1. The number of nitrogen functional groups attached to an aromatic ring is 1. The lowest BCUT2D eigenvalue weighted by Crippen LogP contribution is -2.21. The number of aryl methyl sites for hydroxylation is 1. The number of benzene rings is 2. The van der Waals surface area contributed by atoms with Crippen LogP contribution in [0.5, 0.6) is 5.75 Å². The molecule has 0 aliphatic heterocycles. The Labute approximate surface area is 194 Å². The summed E-state index contributed by atoms with van der Waals surface area (Å²) >= 11 is 0. The van der Waals surface area contributed by atoms with Gasteiger partial charge in [-0.1, -0.05) is 36.4 Å². The summed E-state index contributed by atoms with van der Waals surface area (Å²) in [6.45, 7) is 2.64. The van der Waals surface area contributed by atoms with Crippen molar-refractivity contribution in [1.29, 1.82) is 0 Å². The molecule has 0 fully saturated rings. The highest BCUT2D eigenvalue weighted by Crippen LogP contribution is 2.28. The normalized spacial score (nSPS) is 13.7. The van der Waals surface area contributed by atoms with Gasteiger partial charge in [0.1, 0.15) is 11.4 Å². The van der Waals surface area contributed by atoms with Gasteiger partial charge < -0.3 is 10.5 Å². The van der Waals surface area contributed by atoms with Gasteiger partial charge in [0.05, 0.1) is 12.3 Å². The molecular weight excluding hydrogens is 436 g/mol. The van der Waals surface area contributed by atoms with Crippen molar-refractivity contribution >= 4 is 17.4 Å². The fourth-order valence-electron chi connectivity index (χ4n) is 3.80. The molecule has 0 radical (unpaired) electrons. The molecule has 172 valence electrons. The zero-order valence-corrected chi connectivity index (χ0v) is 18.4. The standard InChI is InChI=1S/C23H22N8O3/c1-2-13-33-16-10-7-15(8-11-16)20-19(26-30-31(20)22-21(24)28-34-29-22)23(32)27-25-18-12-9-14-5-3-4-6-17(14)18/h3-8,10-11H,2,9,12-13H2,1H3,(H2,24,28)(H,27,32)/b25-18-. The number of ether oxygens (including phenoxy) is 1. The number of carbonyl (C=O) groups excluding carboxylic acids is 1. The van der Waals surface area contributed by atoms with Crippen molar-refractivity contribution in [3.8, 4) is 22.8 Å². The van der Waals surface area contributed by atoms with Crippen LogP contribution in [0.1, 0.15) is 41.4 Å². The zero-order chi connectivity index (χ0) is 23.5. The lowest BCUT2D eigenvalue weighted by molar-refractivity contribution is 0.0950. The summed E-state index contributed by atoms with van der Waals surface area (Å²) in [4.78, 5) is 13.1. The van der Waals surface area contributed by atoms with Crippen LogP contribution in [0.2, 0.25) is 0 Å². The number of hydrazone groups is 1. The molecule has 5 rings (SSSR count). The first-order valence-corrected chi connectivity index (χ1v) is 10.9. The van der Waals surface area contributed by atoms with Gasteiger partial charge in [-0.05, 0) is 59.4 Å². The molecule has 3 N–H and O–H groups in total. The molecular formula is C23H22N8O3. The van der Waals surface area contributed by atoms with Gasteiger partial charge in [0.15, 0.2) is 5.69 Å². The number of fused-ring (bicyclic) bond motifs is 1. The Balaban J connectivity index is 1.49. The molecule has 4 aromatic rings. The van der Waals surface area contributed by atoms with Crippen LogP contribution >= 0.6 is 0 Å². The lowest BCUT2D eigenvalue weighted by atomic mass is 10.1. The number of rotatable bonds is 7. The van der Waals surface area contributed by atoms with Crippen LogP contribution in [0.4, 0.5) is 5.82 Å². The van der Waals surface area contributed by atoms with Crippen LogP contribution in [0.15, 0.2) is 58.3 Å². The van der Waals surface area contributed by atoms with Gasteiger partial charge in [0.2, 0.25) is 11.6 Å². The summed E-state index contributed by atoms with van der Waals surface area (Å²) in [5.74, 6) is 0.344. The first-order chi connectivity index (χ1) is 16.7. The van der Waals surface area contributed by atoms with Gasteiger partial charge in [-0.15, -0.1) is 5.10 Å². The van der Waals surface area contributed by atoms with E-state index in [2.05, 4.69) is 37.2 Å². The topological polar surface area (TPSA) is 146 Å². The van der Waals surface area contributed by atoms with E-state index in [4.69, 9.17) is 15.1 Å². The maximum atomic E-state index is 13.1. The van der Waals surface area contributed by atoms with Crippen LogP contribution in [-0.2, 0) is 6.42 Å². The Hall–Kier alpha value is -4.54. The minimum atomic E-state index is -0.514. The third kappa shape index (κ3) is 3.98. The van der Waals surface area contributed by atoms with Crippen LogP contribution < -0.4 is 15.9 Å². The molecule has 1 aliphatic carbocycles. The van der Waals surface area contributed by atoms with E-state index in [-0.39, 0.29) is 17.3 Å². The largest absolute Gasteiger partial charge is 0.494 e. The average Bonchev–Trinajstić information content (AvgIpc) is 3.59. The smallest absolute Gasteiger partial charge is 0.294 e. The molecule has 11 nitrogen and oxygen atoms in total. The molecule has 2 heterocycles. The maximum absolute atomic E-state index is 13.1. The molecule has 0 unspecified atom stereocenters. The molecule has 0 atom stereocenters. The lowest BCUT2D eigenvalue weighted by Gasteiger charge is -2.08. The van der Waals surface area contributed by atoms with Crippen LogP contribution in [-0.4, -0.2) is 43.5 Å². The number of nitrogens with two attached hydrogens (primary N) is 1. The Morgan fingerprint density at radius 1 is 1.18 bits per heavy atom. The van der Waals surface area contributed by atoms with Crippen molar-refractivity contribution < 1.29 is 14.2 Å². The molecule has 11 heteroatoms. The van der Waals surface area contributed by atoms with Crippen LogP contribution in [0.3, 0.4) is 0 Å². The highest BCUT2D eigenvalue weighted by atomic mass is 16.6. The Bertz CT molecular complexity index is 1360. The van der Waals surface area contributed by atoms with Gasteiger partial charge in [-0.25, -0.2) is 10.1 Å². The summed E-state index contributed by atoms with van der Waals surface area (Å²) in [5, 5.41) is 19.9. The molecule has 0 saturated heterocycles. The summed E-state index contributed by atoms with van der Waals surface area (Å²) in [7, 11) is 0. The summed E-state index contributed by atoms with van der Waals surface area (Å²) in [6.07, 6.45) is 2.53. The van der Waals surface area contributed by atoms with E-state index in [0.717, 1.165) is 30.5 Å². The number of nitrogens with one attached hydrogen (secondary N) is 1. The van der Waals surface area contributed by atoms with Crippen molar-refractivity contribution in [2.24, 2.45) is 5.10 Å². The Morgan fingerprint density at radius 3 is 2.76 bits per heavy atom. The molecule has 1 amide bonds. The summed E-state index contributed by atoms with van der Waals surface area (Å²) in [5.41, 5.74) is 12.6. The molecule has 0 bridgehead atoms. The quantitative estimate of drug-likeness (QED) is 0.402. The van der Waals surface area contributed by atoms with Crippen LogP contribution in [0, 0.1) is 0 Å². The first-order valence-electron chi connectivity index (χ1n) is 10.9. The molecule has 34 heavy (non-hydrogen) atoms. The maximum Gasteiger partial charge on any atom is 0.294 e. The highest BCUT2D eigenvalue weighted by Gasteiger charge is 2.26. The number of hydrogen-bond acceptors (Lipinski definition) is 9. The molecule has 2 aromatic heterocycles. The van der Waals surface area contributed by atoms with Gasteiger partial charge in [0, 0.05) is 11.1 Å². The number of amides is 1. The Kier molecular flexibility index (Phi) is 5.73. The van der Waals surface area contributed by atoms with E-state index in [0.29, 0.717) is 23.6 Å². The van der Waals surface area contributed by atoms with Crippen molar-refractivity contribution in [3.63, 3.8) is 0 Å². The molecule has 0 saturated carbocycles. The number of nitrogens with zero attached hydrogens (tertiary/aromatic N) is 6. The van der Waals surface area contributed by atoms with E-state index in [1.54, 1.807) is 12.1 Å². The van der Waals surface area contributed by atoms with Crippen molar-refractivity contribution in [1.82, 2.24) is 30.7 Å². The van der Waals surface area contributed by atoms with Crippen molar-refractivity contribution in [2.75, 3.05) is 12.3 Å². The molecule has 1 aliphatic rings. The molecule has 2 aromatic carbocycles. The zero-order valence-electron chi connectivity index (χ0n) is 18.4. The second-order valence-electron chi connectivity index (χ2n) is 7.70. The highest BCUT2D eigenvalue weighted by molar-refractivity contribution is 6.06. The van der Waals surface area contributed by atoms with E-state index < -0.39 is 5.91 Å². The number of aromatic nitrogens is 5. The van der Waals surface area contributed by atoms with E-state index in [1.807, 2.05) is 37.3 Å². The first kappa shape index (κ1) is 21.3. The minimum Gasteiger partial charge on any atom is -0.494 e. The van der Waals surface area contributed by atoms with E-state index >= 15 is 0 Å². The predicted octanol–water partition coefficient (Wildman–Crippen LogP) is 2.77. The predicted molar refractivity (Wildman–Crippen MR) is 124 cm³/mol. The molecule has 0 spiro atoms. The number of anilines is 1. The third-order valence-electron chi connectivity index (χ3n) is 5.43. The summed E-state index contributed by atoms with van der Waals surface area (Å²) in [6, 6.07) is 15.2. The Morgan fingerprint density at radius 2 is 2.00 bits per heavy atom. The average molecular weight is 458 g/mol. The fourth-order valence-corrected chi connectivity index (χ4v) is 3.80. The van der Waals surface area contributed by atoms with Gasteiger partial charge >= 0.3 is 0 Å². The van der Waals surface area contributed by atoms with Gasteiger partial charge in [-0.2, -0.15) is 9.78 Å². The third-order valence-corrected chi connectivity index (χ3v) is 5.43.